The van der Waals surface area contributed by atoms with Gasteiger partial charge in [0.2, 0.25) is 0 Å². The van der Waals surface area contributed by atoms with Gasteiger partial charge >= 0.3 is 0 Å². The van der Waals surface area contributed by atoms with Gasteiger partial charge in [0.15, 0.2) is 0 Å². The summed E-state index contributed by atoms with van der Waals surface area (Å²) in [5, 5.41) is 8.21. The first-order chi connectivity index (χ1) is 2.43. The normalized spacial score (nSPS) is 19.5. The van der Waals surface area contributed by atoms with Gasteiger partial charge in [0, 0.05) is 25.5 Å². The minimum atomic E-state index is 0. The van der Waals surface area contributed by atoms with E-state index in [1.54, 1.807) is 0 Å². The number of rotatable bonds is 1. The molecule has 0 saturated heterocycles. The molecule has 1 radical (unpaired) electrons. The zero-order chi connectivity index (χ0) is 3.70. The smallest absolute Gasteiger partial charge is 0.0459 e. The van der Waals surface area contributed by atoms with Crippen LogP contribution < -0.4 is 0 Å². The number of aliphatic hydroxyl groups is 1. The van der Waals surface area contributed by atoms with Crippen LogP contribution in [-0.2, 0) is 0 Å². The molecule has 1 nitrogen and oxygen atoms in total. The summed E-state index contributed by atoms with van der Waals surface area (Å²) in [6.07, 6.45) is 2.52. The molecule has 0 spiro atoms. The topological polar surface area (TPSA) is 20.2 Å². The van der Waals surface area contributed by atoms with E-state index >= 15 is 0 Å². The van der Waals surface area contributed by atoms with Crippen LogP contribution in [0, 0.1) is 5.92 Å². The van der Waals surface area contributed by atoms with Gasteiger partial charge in [0.1, 0.15) is 0 Å². The van der Waals surface area contributed by atoms with Crippen molar-refractivity contribution < 1.29 is 5.11 Å². The average Bonchev–Trinajstić information content (AvgIpc) is 2.12. The van der Waals surface area contributed by atoms with Crippen molar-refractivity contribution in [2.75, 3.05) is 6.61 Å². The Balaban J connectivity index is 0.000000250. The fourth-order valence-corrected chi connectivity index (χ4v) is 0.300. The van der Waals surface area contributed by atoms with E-state index in [0.29, 0.717) is 12.5 Å². The van der Waals surface area contributed by atoms with E-state index in [-0.39, 0.29) is 18.9 Å². The van der Waals surface area contributed by atoms with Crippen molar-refractivity contribution in [2.24, 2.45) is 5.92 Å². The average molecular weight is 79.0 g/mol. The van der Waals surface area contributed by atoms with Gasteiger partial charge in [0.25, 0.3) is 0 Å². The van der Waals surface area contributed by atoms with E-state index in [1.165, 1.54) is 12.8 Å². The van der Waals surface area contributed by atoms with E-state index in [1.807, 2.05) is 0 Å². The molecule has 6 heavy (non-hydrogen) atoms. The maximum Gasteiger partial charge on any atom is 0.0459 e. The quantitative estimate of drug-likeness (QED) is 0.439. The molecular formula is C4H8LiO. The third-order valence-corrected chi connectivity index (χ3v) is 0.955. The van der Waals surface area contributed by atoms with Crippen molar-refractivity contribution in [3.8, 4) is 0 Å². The van der Waals surface area contributed by atoms with Crippen LogP contribution in [0.15, 0.2) is 0 Å². The van der Waals surface area contributed by atoms with Crippen LogP contribution in [0.25, 0.3) is 0 Å². The predicted octanol–water partition coefficient (Wildman–Crippen LogP) is 0.00790. The molecule has 0 atom stereocenters. The van der Waals surface area contributed by atoms with Crippen LogP contribution in [-0.4, -0.2) is 30.6 Å². The van der Waals surface area contributed by atoms with Gasteiger partial charge in [-0.2, -0.15) is 0 Å². The number of hydrogen-bond donors (Lipinski definition) is 1. The van der Waals surface area contributed by atoms with E-state index in [2.05, 4.69) is 0 Å². The van der Waals surface area contributed by atoms with Crippen molar-refractivity contribution in [3.63, 3.8) is 0 Å². The standard InChI is InChI=1S/C4H8O.Li/c5-3-4-1-2-4;/h4-5H,1-3H2;. The molecular weight excluding hydrogens is 71.0 g/mol. The second kappa shape index (κ2) is 2.68. The van der Waals surface area contributed by atoms with Crippen molar-refractivity contribution >= 4 is 18.9 Å². The Hall–Kier alpha value is 0.557. The molecule has 0 aromatic heterocycles. The minimum Gasteiger partial charge on any atom is -0.396 e. The first-order valence-electron chi connectivity index (χ1n) is 2.04. The van der Waals surface area contributed by atoms with Gasteiger partial charge in [-0.1, -0.05) is 0 Å². The maximum atomic E-state index is 8.21. The monoisotopic (exact) mass is 79.1 g/mol. The minimum absolute atomic E-state index is 0. The zero-order valence-corrected chi connectivity index (χ0v) is 4.15. The molecule has 2 heteroatoms. The third kappa shape index (κ3) is 1.87. The Bertz CT molecular complexity index is 34.5. The molecule has 1 aliphatic carbocycles. The Morgan fingerprint density at radius 3 is 2.00 bits per heavy atom. The van der Waals surface area contributed by atoms with Crippen molar-refractivity contribution in [2.45, 2.75) is 12.8 Å². The second-order valence-electron chi connectivity index (χ2n) is 1.63. The molecule has 0 aromatic rings. The van der Waals surface area contributed by atoms with Crippen molar-refractivity contribution in [1.82, 2.24) is 0 Å². The molecule has 0 unspecified atom stereocenters. The van der Waals surface area contributed by atoms with Gasteiger partial charge in [-0.3, -0.25) is 0 Å². The molecule has 31 valence electrons. The van der Waals surface area contributed by atoms with E-state index in [9.17, 15) is 0 Å². The molecule has 0 amide bonds. The Kier molecular flexibility index (Phi) is 2.93. The largest absolute Gasteiger partial charge is 0.396 e. The molecule has 1 saturated carbocycles. The van der Waals surface area contributed by atoms with Crippen molar-refractivity contribution in [1.29, 1.82) is 0 Å². The molecule has 1 N–H and O–H groups in total. The second-order valence-corrected chi connectivity index (χ2v) is 1.63. The molecule has 1 fully saturated rings. The fraction of sp³-hybridized carbons (Fsp3) is 1.00. The summed E-state index contributed by atoms with van der Waals surface area (Å²) in [5.41, 5.74) is 0. The molecule has 0 aromatic carbocycles. The summed E-state index contributed by atoms with van der Waals surface area (Å²) in [7, 11) is 0. The van der Waals surface area contributed by atoms with E-state index < -0.39 is 0 Å². The third-order valence-electron chi connectivity index (χ3n) is 0.955. The van der Waals surface area contributed by atoms with Crippen LogP contribution in [0.5, 0.6) is 0 Å². The van der Waals surface area contributed by atoms with E-state index in [4.69, 9.17) is 5.11 Å². The van der Waals surface area contributed by atoms with Gasteiger partial charge in [-0.15, -0.1) is 0 Å². The number of aliphatic hydroxyl groups excluding tert-OH is 1. The molecule has 0 aliphatic heterocycles. The van der Waals surface area contributed by atoms with Crippen LogP contribution in [0.2, 0.25) is 0 Å². The van der Waals surface area contributed by atoms with Crippen LogP contribution in [0.4, 0.5) is 0 Å². The van der Waals surface area contributed by atoms with Crippen LogP contribution >= 0.6 is 0 Å². The summed E-state index contributed by atoms with van der Waals surface area (Å²) in [4.78, 5) is 0. The fourth-order valence-electron chi connectivity index (χ4n) is 0.300. The van der Waals surface area contributed by atoms with Crippen molar-refractivity contribution in [3.05, 3.63) is 0 Å². The number of hydrogen-bond acceptors (Lipinski definition) is 1. The summed E-state index contributed by atoms with van der Waals surface area (Å²) < 4.78 is 0. The molecule has 1 aliphatic rings. The van der Waals surface area contributed by atoms with Gasteiger partial charge < -0.3 is 5.11 Å². The Labute approximate surface area is 49.9 Å². The summed E-state index contributed by atoms with van der Waals surface area (Å²) in [6, 6.07) is 0. The van der Waals surface area contributed by atoms with Crippen LogP contribution in [0.3, 0.4) is 0 Å². The predicted molar refractivity (Wildman–Crippen MR) is 25.6 cm³/mol. The maximum absolute atomic E-state index is 8.21. The van der Waals surface area contributed by atoms with Gasteiger partial charge in [-0.25, -0.2) is 0 Å². The van der Waals surface area contributed by atoms with Gasteiger partial charge in [0.05, 0.1) is 0 Å². The SMILES string of the molecule is OCC1CC1.[Li]. The summed E-state index contributed by atoms with van der Waals surface area (Å²) >= 11 is 0. The summed E-state index contributed by atoms with van der Waals surface area (Å²) in [5.74, 6) is 0.690. The molecule has 0 bridgehead atoms. The Morgan fingerprint density at radius 1 is 1.50 bits per heavy atom. The molecule has 0 heterocycles. The first-order valence-corrected chi connectivity index (χ1v) is 2.04. The van der Waals surface area contributed by atoms with E-state index in [0.717, 1.165) is 0 Å². The van der Waals surface area contributed by atoms with Crippen LogP contribution in [0.1, 0.15) is 12.8 Å². The van der Waals surface area contributed by atoms with Gasteiger partial charge in [-0.05, 0) is 18.8 Å². The zero-order valence-electron chi connectivity index (χ0n) is 4.15. The Morgan fingerprint density at radius 2 is 2.00 bits per heavy atom. The molecule has 1 rings (SSSR count). The summed E-state index contributed by atoms with van der Waals surface area (Å²) in [6.45, 7) is 0.417. The first kappa shape index (κ1) is 6.56.